The number of rotatable bonds is 4. The zero-order chi connectivity index (χ0) is 17.4. The van der Waals surface area contributed by atoms with Crippen molar-refractivity contribution in [1.29, 1.82) is 0 Å². The van der Waals surface area contributed by atoms with Crippen LogP contribution in [-0.2, 0) is 23.6 Å². The third-order valence-corrected chi connectivity index (χ3v) is 8.07. The molecule has 1 aromatic carbocycles. The minimum Gasteiger partial charge on any atom is -0.350 e. The Hall–Kier alpha value is -1.67. The van der Waals surface area contributed by atoms with Gasteiger partial charge in [-0.25, -0.2) is 8.42 Å². The van der Waals surface area contributed by atoms with Gasteiger partial charge in [-0.05, 0) is 23.1 Å². The molecular weight excluding hydrogens is 354 g/mol. The van der Waals surface area contributed by atoms with E-state index >= 15 is 0 Å². The van der Waals surface area contributed by atoms with Crippen LogP contribution < -0.4 is 0 Å². The van der Waals surface area contributed by atoms with Gasteiger partial charge < -0.3 is 4.57 Å². The molecule has 3 heterocycles. The first-order chi connectivity index (χ1) is 12.1. The van der Waals surface area contributed by atoms with Crippen molar-refractivity contribution in [1.82, 2.24) is 13.8 Å². The second kappa shape index (κ2) is 6.57. The average molecular weight is 376 g/mol. The fourth-order valence-corrected chi connectivity index (χ4v) is 6.02. The second-order valence-electron chi connectivity index (χ2n) is 6.39. The molecule has 0 N–H and O–H groups in total. The lowest BCUT2D eigenvalue weighted by atomic mass is 10.1. The van der Waals surface area contributed by atoms with Crippen LogP contribution in [0, 0.1) is 0 Å². The topological polar surface area (TPSA) is 45.5 Å². The molecule has 1 aliphatic rings. The molecule has 132 valence electrons. The average Bonchev–Trinajstić information content (AvgIpc) is 3.26. The van der Waals surface area contributed by atoms with E-state index < -0.39 is 10.0 Å². The Kier molecular flexibility index (Phi) is 4.41. The molecule has 5 nitrogen and oxygen atoms in total. The van der Waals surface area contributed by atoms with Crippen LogP contribution in [0.15, 0.2) is 52.2 Å². The molecule has 0 atom stereocenters. The lowest BCUT2D eigenvalue weighted by Gasteiger charge is -2.33. The minimum absolute atomic E-state index is 0.440. The molecule has 25 heavy (non-hydrogen) atoms. The van der Waals surface area contributed by atoms with Crippen LogP contribution in [0.2, 0.25) is 0 Å². The minimum atomic E-state index is -3.32. The smallest absolute Gasteiger partial charge is 0.252 e. The zero-order valence-corrected chi connectivity index (χ0v) is 15.8. The molecule has 3 aromatic rings. The summed E-state index contributed by atoms with van der Waals surface area (Å²) in [5.41, 5.74) is 2.53. The van der Waals surface area contributed by atoms with E-state index in [-0.39, 0.29) is 0 Å². The van der Waals surface area contributed by atoms with E-state index in [1.807, 2.05) is 5.38 Å². The van der Waals surface area contributed by atoms with Gasteiger partial charge in [0.2, 0.25) is 0 Å². The van der Waals surface area contributed by atoms with Gasteiger partial charge in [-0.1, -0.05) is 24.3 Å². The number of fused-ring (bicyclic) bond motifs is 1. The fourth-order valence-electron chi connectivity index (χ4n) is 3.46. The van der Waals surface area contributed by atoms with E-state index in [9.17, 15) is 8.42 Å². The van der Waals surface area contributed by atoms with Crippen molar-refractivity contribution in [3.05, 3.63) is 53.5 Å². The highest BCUT2D eigenvalue weighted by Crippen LogP contribution is 2.24. The van der Waals surface area contributed by atoms with Gasteiger partial charge in [-0.2, -0.15) is 4.31 Å². The van der Waals surface area contributed by atoms with E-state index in [4.69, 9.17) is 0 Å². The van der Waals surface area contributed by atoms with E-state index in [2.05, 4.69) is 47.0 Å². The van der Waals surface area contributed by atoms with Crippen LogP contribution in [0.3, 0.4) is 0 Å². The van der Waals surface area contributed by atoms with Crippen molar-refractivity contribution in [2.75, 3.05) is 26.2 Å². The summed E-state index contributed by atoms with van der Waals surface area (Å²) in [5.74, 6) is 0. The molecule has 1 fully saturated rings. The molecule has 4 rings (SSSR count). The summed E-state index contributed by atoms with van der Waals surface area (Å²) in [5, 5.41) is 3.09. The van der Waals surface area contributed by atoms with Crippen molar-refractivity contribution in [3.8, 4) is 0 Å². The van der Waals surface area contributed by atoms with Crippen LogP contribution in [0.1, 0.15) is 5.56 Å². The standard InChI is InChI=1S/C18H21N3O2S2/c1-19-13-15(16-5-2-3-6-17(16)19)14-20-8-10-21(11-9-20)25(22,23)18-7-4-12-24-18/h2-7,12-13H,8-11,14H2,1H3. The normalized spacial score (nSPS) is 17.3. The predicted octanol–water partition coefficient (Wildman–Crippen LogP) is 2.75. The first kappa shape index (κ1) is 16.8. The Morgan fingerprint density at radius 3 is 2.52 bits per heavy atom. The molecule has 0 aliphatic carbocycles. The zero-order valence-electron chi connectivity index (χ0n) is 14.1. The molecular formula is C18H21N3O2S2. The van der Waals surface area contributed by atoms with E-state index in [0.717, 1.165) is 19.6 Å². The van der Waals surface area contributed by atoms with Crippen LogP contribution >= 0.6 is 11.3 Å². The number of thiophene rings is 1. The van der Waals surface area contributed by atoms with Gasteiger partial charge in [0.25, 0.3) is 10.0 Å². The number of hydrogen-bond donors (Lipinski definition) is 0. The largest absolute Gasteiger partial charge is 0.350 e. The monoisotopic (exact) mass is 375 g/mol. The molecule has 7 heteroatoms. The van der Waals surface area contributed by atoms with E-state index in [1.165, 1.54) is 27.8 Å². The predicted molar refractivity (Wildman–Crippen MR) is 101 cm³/mol. The van der Waals surface area contributed by atoms with Gasteiger partial charge in [-0.3, -0.25) is 4.90 Å². The molecule has 1 aliphatic heterocycles. The van der Waals surface area contributed by atoms with Crippen LogP contribution in [-0.4, -0.2) is 48.4 Å². The van der Waals surface area contributed by atoms with E-state index in [0.29, 0.717) is 17.3 Å². The SMILES string of the molecule is Cn1cc(CN2CCN(S(=O)(=O)c3cccs3)CC2)c2ccccc21. The number of sulfonamides is 1. The lowest BCUT2D eigenvalue weighted by Crippen LogP contribution is -2.48. The molecule has 0 radical (unpaired) electrons. The van der Waals surface area contributed by atoms with Crippen LogP contribution in [0.5, 0.6) is 0 Å². The summed E-state index contributed by atoms with van der Waals surface area (Å²) in [4.78, 5) is 2.34. The number of aromatic nitrogens is 1. The molecule has 0 bridgehead atoms. The first-order valence-electron chi connectivity index (χ1n) is 8.34. The molecule has 0 unspecified atom stereocenters. The number of para-hydroxylation sites is 1. The quantitative estimate of drug-likeness (QED) is 0.704. The number of benzene rings is 1. The molecule has 2 aromatic heterocycles. The maximum absolute atomic E-state index is 12.6. The van der Waals surface area contributed by atoms with Crippen molar-refractivity contribution in [2.24, 2.45) is 7.05 Å². The summed E-state index contributed by atoms with van der Waals surface area (Å²) in [6.07, 6.45) is 2.18. The summed E-state index contributed by atoms with van der Waals surface area (Å²) in [6, 6.07) is 11.9. The highest BCUT2D eigenvalue weighted by atomic mass is 32.2. The van der Waals surface area contributed by atoms with Gasteiger partial charge in [0, 0.05) is 56.9 Å². The van der Waals surface area contributed by atoms with Gasteiger partial charge in [0.15, 0.2) is 0 Å². The Morgan fingerprint density at radius 2 is 1.80 bits per heavy atom. The van der Waals surface area contributed by atoms with Crippen molar-refractivity contribution in [2.45, 2.75) is 10.8 Å². The third-order valence-electron chi connectivity index (χ3n) is 4.79. The van der Waals surface area contributed by atoms with Gasteiger partial charge in [0.1, 0.15) is 4.21 Å². The molecule has 0 saturated carbocycles. The highest BCUT2D eigenvalue weighted by molar-refractivity contribution is 7.91. The lowest BCUT2D eigenvalue weighted by molar-refractivity contribution is 0.182. The number of nitrogens with zero attached hydrogens (tertiary/aromatic N) is 3. The summed E-state index contributed by atoms with van der Waals surface area (Å²) >= 11 is 1.29. The third kappa shape index (κ3) is 3.13. The Bertz CT molecular complexity index is 969. The van der Waals surface area contributed by atoms with E-state index in [1.54, 1.807) is 16.4 Å². The number of aryl methyl sites for hydroxylation is 1. The maximum Gasteiger partial charge on any atom is 0.252 e. The number of hydrogen-bond acceptors (Lipinski definition) is 4. The van der Waals surface area contributed by atoms with Gasteiger partial charge >= 0.3 is 0 Å². The Balaban J connectivity index is 1.46. The molecule has 0 spiro atoms. The Labute approximate surface area is 152 Å². The summed E-state index contributed by atoms with van der Waals surface area (Å²) in [7, 11) is -1.26. The number of piperazine rings is 1. The second-order valence-corrected chi connectivity index (χ2v) is 9.51. The van der Waals surface area contributed by atoms with Gasteiger partial charge in [0.05, 0.1) is 0 Å². The fraction of sp³-hybridized carbons (Fsp3) is 0.333. The highest BCUT2D eigenvalue weighted by Gasteiger charge is 2.29. The molecule has 1 saturated heterocycles. The maximum atomic E-state index is 12.6. The van der Waals surface area contributed by atoms with Crippen molar-refractivity contribution in [3.63, 3.8) is 0 Å². The van der Waals surface area contributed by atoms with Gasteiger partial charge in [-0.15, -0.1) is 11.3 Å². The van der Waals surface area contributed by atoms with Crippen molar-refractivity contribution < 1.29 is 8.42 Å². The summed E-state index contributed by atoms with van der Waals surface area (Å²) < 4.78 is 29.4. The first-order valence-corrected chi connectivity index (χ1v) is 10.7. The van der Waals surface area contributed by atoms with Crippen LogP contribution in [0.4, 0.5) is 0 Å². The summed E-state index contributed by atoms with van der Waals surface area (Å²) in [6.45, 7) is 3.46. The molecule has 0 amide bonds. The van der Waals surface area contributed by atoms with Crippen LogP contribution in [0.25, 0.3) is 10.9 Å². The van der Waals surface area contributed by atoms with Crippen molar-refractivity contribution >= 4 is 32.3 Å². The Morgan fingerprint density at radius 1 is 1.04 bits per heavy atom.